The number of sulfonamides is 1. The van der Waals surface area contributed by atoms with Crippen LogP contribution in [-0.2, 0) is 21.4 Å². The average Bonchev–Trinajstić information content (AvgIpc) is 2.83. The molecule has 2 aliphatic rings. The first-order chi connectivity index (χ1) is 16.3. The molecule has 2 heterocycles. The zero-order valence-electron chi connectivity index (χ0n) is 19.2. The van der Waals surface area contributed by atoms with Crippen molar-refractivity contribution in [3.05, 3.63) is 65.5 Å². The molecule has 0 spiro atoms. The largest absolute Gasteiger partial charge is 0.371 e. The van der Waals surface area contributed by atoms with Gasteiger partial charge in [-0.15, -0.1) is 0 Å². The first-order valence-corrected chi connectivity index (χ1v) is 13.1. The molecule has 1 unspecified atom stereocenters. The summed E-state index contributed by atoms with van der Waals surface area (Å²) < 4.78 is 43.4. The Bertz CT molecular complexity index is 1170. The Kier molecular flexibility index (Phi) is 7.19. The molecule has 2 atom stereocenters. The van der Waals surface area contributed by atoms with E-state index in [-0.39, 0.29) is 24.4 Å². The van der Waals surface area contributed by atoms with Gasteiger partial charge in [-0.25, -0.2) is 12.8 Å². The molecule has 180 valence electrons. The van der Waals surface area contributed by atoms with Crippen LogP contribution in [0.5, 0.6) is 0 Å². The second kappa shape index (κ2) is 10.1. The van der Waals surface area contributed by atoms with Crippen molar-refractivity contribution < 1.29 is 17.6 Å². The summed E-state index contributed by atoms with van der Waals surface area (Å²) in [4.78, 5) is 13.9. The van der Waals surface area contributed by atoms with Crippen LogP contribution >= 0.6 is 0 Å². The van der Waals surface area contributed by atoms with Gasteiger partial charge in [-0.3, -0.25) is 10.1 Å². The van der Waals surface area contributed by atoms with Crippen molar-refractivity contribution in [1.82, 2.24) is 9.62 Å². The number of nitrogens with zero attached hydrogens (tertiary/aromatic N) is 3. The second-order valence-corrected chi connectivity index (χ2v) is 11.1. The number of carbonyl (C=O) groups is 1. The van der Waals surface area contributed by atoms with Crippen LogP contribution in [0.2, 0.25) is 0 Å². The molecule has 1 N–H and O–H groups in total. The van der Waals surface area contributed by atoms with Gasteiger partial charge in [0.05, 0.1) is 0 Å². The topological polar surface area (TPSA) is 93.5 Å². The standard InChI is InChI=1S/C25H29FN4O3S/c1-18-7-10-24(19-5-3-2-4-6-19)34(32,33)30(18)16-21-8-9-22(15-23(21)26)29-13-11-20(12-14-29)25(31)28-17-27/h2-6,8-9,15,18,20,24H,7,10-14,16H2,1H3,(H,28,31)/t18-,24?/m0/s1. The van der Waals surface area contributed by atoms with Crippen LogP contribution in [0.25, 0.3) is 0 Å². The monoisotopic (exact) mass is 484 g/mol. The van der Waals surface area contributed by atoms with Crippen LogP contribution in [0, 0.1) is 23.2 Å². The molecule has 2 aliphatic heterocycles. The van der Waals surface area contributed by atoms with E-state index in [9.17, 15) is 13.2 Å². The Hall–Kier alpha value is -2.96. The second-order valence-electron chi connectivity index (χ2n) is 9.05. The Labute approximate surface area is 200 Å². The number of anilines is 1. The fourth-order valence-electron chi connectivity index (χ4n) is 4.94. The van der Waals surface area contributed by atoms with Gasteiger partial charge in [-0.1, -0.05) is 36.4 Å². The van der Waals surface area contributed by atoms with Gasteiger partial charge in [0.1, 0.15) is 11.1 Å². The van der Waals surface area contributed by atoms with Gasteiger partial charge >= 0.3 is 0 Å². The van der Waals surface area contributed by atoms with Crippen LogP contribution in [0.4, 0.5) is 10.1 Å². The predicted molar refractivity (Wildman–Crippen MR) is 127 cm³/mol. The zero-order chi connectivity index (χ0) is 24.3. The van der Waals surface area contributed by atoms with Crippen LogP contribution in [0.3, 0.4) is 0 Å². The molecule has 0 bridgehead atoms. The van der Waals surface area contributed by atoms with E-state index in [4.69, 9.17) is 5.26 Å². The van der Waals surface area contributed by atoms with Crippen LogP contribution in [0.1, 0.15) is 49.0 Å². The predicted octanol–water partition coefficient (Wildman–Crippen LogP) is 3.69. The van der Waals surface area contributed by atoms with E-state index in [2.05, 4.69) is 5.32 Å². The Balaban J connectivity index is 1.47. The van der Waals surface area contributed by atoms with Crippen molar-refractivity contribution in [3.63, 3.8) is 0 Å². The number of nitriles is 1. The molecule has 1 amide bonds. The van der Waals surface area contributed by atoms with Gasteiger partial charge in [0, 0.05) is 42.8 Å². The van der Waals surface area contributed by atoms with E-state index in [1.807, 2.05) is 48.2 Å². The molecule has 0 aliphatic carbocycles. The molecule has 2 fully saturated rings. The summed E-state index contributed by atoms with van der Waals surface area (Å²) in [6.07, 6.45) is 4.10. The van der Waals surface area contributed by atoms with Gasteiger partial charge in [-0.2, -0.15) is 9.57 Å². The first kappa shape index (κ1) is 24.2. The van der Waals surface area contributed by atoms with E-state index >= 15 is 4.39 Å². The van der Waals surface area contributed by atoms with E-state index in [0.717, 1.165) is 5.56 Å². The molecule has 2 aromatic carbocycles. The lowest BCUT2D eigenvalue weighted by Gasteiger charge is -2.37. The van der Waals surface area contributed by atoms with Gasteiger partial charge < -0.3 is 4.90 Å². The number of rotatable bonds is 5. The molecule has 7 nitrogen and oxygen atoms in total. The van der Waals surface area contributed by atoms with E-state index < -0.39 is 21.1 Å². The highest BCUT2D eigenvalue weighted by Crippen LogP contribution is 2.38. The fourth-order valence-corrected chi connectivity index (χ4v) is 7.13. The quantitative estimate of drug-likeness (QED) is 0.516. The molecular weight excluding hydrogens is 455 g/mol. The number of hydrogen-bond donors (Lipinski definition) is 1. The van der Waals surface area contributed by atoms with Crippen LogP contribution in [-0.4, -0.2) is 37.8 Å². The van der Waals surface area contributed by atoms with Gasteiger partial charge in [0.25, 0.3) is 0 Å². The Morgan fingerprint density at radius 1 is 1.12 bits per heavy atom. The van der Waals surface area contributed by atoms with E-state index in [1.54, 1.807) is 12.3 Å². The fraction of sp³-hybridized carbons (Fsp3) is 0.440. The summed E-state index contributed by atoms with van der Waals surface area (Å²) in [6.45, 7) is 3.03. The number of nitrogens with one attached hydrogen (secondary N) is 1. The number of hydrogen-bond acceptors (Lipinski definition) is 5. The average molecular weight is 485 g/mol. The zero-order valence-corrected chi connectivity index (χ0v) is 20.0. The maximum absolute atomic E-state index is 15.1. The maximum Gasteiger partial charge on any atom is 0.236 e. The number of carbonyl (C=O) groups excluding carboxylic acids is 1. The van der Waals surface area contributed by atoms with Gasteiger partial charge in [0.15, 0.2) is 6.19 Å². The van der Waals surface area contributed by atoms with Crippen molar-refractivity contribution in [2.75, 3.05) is 18.0 Å². The molecule has 0 saturated carbocycles. The minimum absolute atomic E-state index is 0.00461. The number of benzene rings is 2. The lowest BCUT2D eigenvalue weighted by molar-refractivity contribution is -0.124. The SMILES string of the molecule is C[C@H]1CCC(c2ccccc2)S(=O)(=O)N1Cc1ccc(N2CCC(C(=O)NC#N)CC2)cc1F. The third-order valence-electron chi connectivity index (χ3n) is 6.97. The minimum atomic E-state index is -3.64. The molecule has 2 aromatic rings. The summed E-state index contributed by atoms with van der Waals surface area (Å²) in [5, 5.41) is 10.2. The lowest BCUT2D eigenvalue weighted by Crippen LogP contribution is -2.44. The summed E-state index contributed by atoms with van der Waals surface area (Å²) in [5.74, 6) is -0.927. The molecule has 9 heteroatoms. The lowest BCUT2D eigenvalue weighted by atomic mass is 9.95. The first-order valence-electron chi connectivity index (χ1n) is 11.6. The Morgan fingerprint density at radius 2 is 1.82 bits per heavy atom. The molecule has 2 saturated heterocycles. The van der Waals surface area contributed by atoms with E-state index in [1.165, 1.54) is 10.4 Å². The van der Waals surface area contributed by atoms with Crippen molar-refractivity contribution in [3.8, 4) is 6.19 Å². The van der Waals surface area contributed by atoms with Gasteiger partial charge in [0.2, 0.25) is 15.9 Å². The van der Waals surface area contributed by atoms with Crippen molar-refractivity contribution in [2.45, 2.75) is 50.4 Å². The molecule has 4 rings (SSSR count). The summed E-state index contributed by atoms with van der Waals surface area (Å²) >= 11 is 0. The highest BCUT2D eigenvalue weighted by Gasteiger charge is 2.40. The normalized spacial score (nSPS) is 23.3. The Morgan fingerprint density at radius 3 is 2.47 bits per heavy atom. The third-order valence-corrected chi connectivity index (χ3v) is 9.34. The maximum atomic E-state index is 15.1. The van der Waals surface area contributed by atoms with E-state index in [0.29, 0.717) is 50.0 Å². The molecule has 0 radical (unpaired) electrons. The molecule has 0 aromatic heterocycles. The number of piperidine rings is 1. The molecular formula is C25H29FN4O3S. The van der Waals surface area contributed by atoms with Gasteiger partial charge in [-0.05, 0) is 50.3 Å². The third kappa shape index (κ3) is 4.93. The summed E-state index contributed by atoms with van der Waals surface area (Å²) in [7, 11) is -3.64. The highest BCUT2D eigenvalue weighted by atomic mass is 32.2. The number of halogens is 1. The molecule has 34 heavy (non-hydrogen) atoms. The smallest absolute Gasteiger partial charge is 0.236 e. The minimum Gasteiger partial charge on any atom is -0.371 e. The summed E-state index contributed by atoms with van der Waals surface area (Å²) in [6, 6.07) is 13.9. The highest BCUT2D eigenvalue weighted by molar-refractivity contribution is 7.89. The van der Waals surface area contributed by atoms with Crippen molar-refractivity contribution in [1.29, 1.82) is 5.26 Å². The van der Waals surface area contributed by atoms with Crippen LogP contribution < -0.4 is 10.2 Å². The van der Waals surface area contributed by atoms with Crippen LogP contribution in [0.15, 0.2) is 48.5 Å². The number of amides is 1. The van der Waals surface area contributed by atoms with Crippen molar-refractivity contribution >= 4 is 21.6 Å². The van der Waals surface area contributed by atoms with Crippen molar-refractivity contribution in [2.24, 2.45) is 5.92 Å². The summed E-state index contributed by atoms with van der Waals surface area (Å²) in [5.41, 5.74) is 1.82.